The molecule has 8 nitrogen and oxygen atoms in total. The third kappa shape index (κ3) is 3.00. The van der Waals surface area contributed by atoms with Crippen LogP contribution in [0.25, 0.3) is 54.9 Å². The number of benzene rings is 6. The lowest BCUT2D eigenvalue weighted by Crippen LogP contribution is -2.13. The van der Waals surface area contributed by atoms with Crippen LogP contribution in [-0.2, 0) is 0 Å². The van der Waals surface area contributed by atoms with E-state index in [0.29, 0.717) is 71.6 Å². The Morgan fingerprint density at radius 2 is 1.10 bits per heavy atom. The highest BCUT2D eigenvalue weighted by Gasteiger charge is 2.36. The fraction of sp³-hybridized carbons (Fsp3) is 0. The Balaban J connectivity index is 1.53. The molecule has 8 heteroatoms. The zero-order valence-electron chi connectivity index (χ0n) is 21.6. The van der Waals surface area contributed by atoms with Crippen molar-refractivity contribution in [1.29, 1.82) is 0 Å². The van der Waals surface area contributed by atoms with Crippen LogP contribution in [0.5, 0.6) is 0 Å². The molecule has 0 radical (unpaired) electrons. The maximum absolute atomic E-state index is 13.5. The van der Waals surface area contributed by atoms with Gasteiger partial charge in [-0.05, 0) is 51.7 Å². The number of carbonyl (C=O) groups excluding carboxylic acids is 2. The second-order valence-corrected chi connectivity index (χ2v) is 10.4. The summed E-state index contributed by atoms with van der Waals surface area (Å²) in [7, 11) is 0. The molecule has 0 N–H and O–H groups in total. The Morgan fingerprint density at radius 1 is 0.476 bits per heavy atom. The molecule has 0 fully saturated rings. The van der Waals surface area contributed by atoms with Crippen molar-refractivity contribution in [3.05, 3.63) is 140 Å². The predicted molar refractivity (Wildman–Crippen MR) is 158 cm³/mol. The van der Waals surface area contributed by atoms with Crippen LogP contribution in [-0.4, -0.2) is 21.4 Å². The average molecular weight is 549 g/mol. The summed E-state index contributed by atoms with van der Waals surface area (Å²) < 4.78 is 0. The molecule has 0 amide bonds. The van der Waals surface area contributed by atoms with Crippen LogP contribution in [0, 0.1) is 20.2 Å². The Morgan fingerprint density at radius 3 is 1.81 bits per heavy atom. The molecule has 0 saturated heterocycles. The number of nitrogens with zero attached hydrogens (tertiary/aromatic N) is 2. The molecule has 0 aromatic heterocycles. The molecule has 0 heterocycles. The quantitative estimate of drug-likeness (QED) is 0.163. The summed E-state index contributed by atoms with van der Waals surface area (Å²) in [6.07, 6.45) is 0. The van der Waals surface area contributed by atoms with Gasteiger partial charge in [0.05, 0.1) is 21.0 Å². The lowest BCUT2D eigenvalue weighted by atomic mass is 9.78. The molecule has 0 aliphatic heterocycles. The summed E-state index contributed by atoms with van der Waals surface area (Å²) in [4.78, 5) is 50.7. The van der Waals surface area contributed by atoms with Gasteiger partial charge in [0.2, 0.25) is 5.78 Å². The van der Waals surface area contributed by atoms with E-state index >= 15 is 0 Å². The minimum atomic E-state index is -0.562. The van der Waals surface area contributed by atoms with Gasteiger partial charge >= 0.3 is 0 Å². The molecule has 0 saturated carbocycles. The smallest absolute Gasteiger partial charge is 0.285 e. The topological polar surface area (TPSA) is 120 Å². The third-order valence-corrected chi connectivity index (χ3v) is 8.30. The van der Waals surface area contributed by atoms with Crippen molar-refractivity contribution < 1.29 is 19.4 Å². The van der Waals surface area contributed by atoms with E-state index in [2.05, 4.69) is 0 Å². The number of hydrogen-bond donors (Lipinski definition) is 0. The molecule has 42 heavy (non-hydrogen) atoms. The predicted octanol–water partition coefficient (Wildman–Crippen LogP) is 7.90. The second kappa shape index (κ2) is 8.25. The number of carbonyl (C=O) groups is 2. The van der Waals surface area contributed by atoms with Crippen molar-refractivity contribution in [2.75, 3.05) is 0 Å². The molecule has 0 spiro atoms. The van der Waals surface area contributed by atoms with Crippen LogP contribution in [0.15, 0.2) is 97.1 Å². The first-order valence-electron chi connectivity index (χ1n) is 13.1. The van der Waals surface area contributed by atoms with Gasteiger partial charge in [-0.2, -0.15) is 0 Å². The van der Waals surface area contributed by atoms with E-state index in [-0.39, 0.29) is 22.7 Å². The SMILES string of the molecule is O=C1c2ccccc2-c2c([N+](=O)[O-])c(-c3cc4c5c(c([N+](=O)[O-])ccc5c3)C(=O)c3ccccc3-4)cc3cccc1c23. The van der Waals surface area contributed by atoms with E-state index in [9.17, 15) is 29.8 Å². The lowest BCUT2D eigenvalue weighted by Gasteiger charge is -2.23. The van der Waals surface area contributed by atoms with Crippen molar-refractivity contribution >= 4 is 44.5 Å². The minimum absolute atomic E-state index is 0.0120. The summed E-state index contributed by atoms with van der Waals surface area (Å²) in [6, 6.07) is 27.2. The van der Waals surface area contributed by atoms with Gasteiger partial charge in [-0.25, -0.2) is 0 Å². The summed E-state index contributed by atoms with van der Waals surface area (Å²) in [5.74, 6) is -0.616. The Kier molecular flexibility index (Phi) is 4.68. The number of ketones is 2. The molecule has 2 aliphatic carbocycles. The van der Waals surface area contributed by atoms with E-state index in [1.165, 1.54) is 6.07 Å². The maximum atomic E-state index is 13.5. The fourth-order valence-corrected chi connectivity index (χ4v) is 6.61. The standard InChI is InChI=1S/C34H16N2O6/c37-33-23-10-4-2-8-21(23)30-28-17(6-5-11-24(28)33)15-25(32(30)36(41)42)19-14-18-12-13-27(35(39)40)31-29(18)26(16-19)20-7-1-3-9-22(20)34(31)38/h1-16H. The van der Waals surface area contributed by atoms with Crippen LogP contribution in [0.4, 0.5) is 11.4 Å². The van der Waals surface area contributed by atoms with Gasteiger partial charge < -0.3 is 0 Å². The summed E-state index contributed by atoms with van der Waals surface area (Å²) in [5.41, 5.74) is 3.66. The number of fused-ring (bicyclic) bond motifs is 4. The Labute approximate surface area is 236 Å². The number of hydrogen-bond acceptors (Lipinski definition) is 6. The molecule has 198 valence electrons. The highest BCUT2D eigenvalue weighted by Crippen LogP contribution is 2.51. The highest BCUT2D eigenvalue weighted by molar-refractivity contribution is 6.30. The lowest BCUT2D eigenvalue weighted by molar-refractivity contribution is -0.385. The second-order valence-electron chi connectivity index (χ2n) is 10.4. The Hall–Kier alpha value is -6.02. The normalized spacial score (nSPS) is 12.8. The molecule has 2 aliphatic rings. The van der Waals surface area contributed by atoms with Crippen molar-refractivity contribution in [1.82, 2.24) is 0 Å². The largest absolute Gasteiger partial charge is 0.289 e. The van der Waals surface area contributed by atoms with Crippen LogP contribution < -0.4 is 0 Å². The van der Waals surface area contributed by atoms with Crippen LogP contribution >= 0.6 is 0 Å². The fourth-order valence-electron chi connectivity index (χ4n) is 6.61. The van der Waals surface area contributed by atoms with Crippen LogP contribution in [0.3, 0.4) is 0 Å². The number of rotatable bonds is 3. The van der Waals surface area contributed by atoms with E-state index in [0.717, 1.165) is 0 Å². The first kappa shape index (κ1) is 23.8. The molecular weight excluding hydrogens is 532 g/mol. The zero-order chi connectivity index (χ0) is 28.9. The van der Waals surface area contributed by atoms with Gasteiger partial charge in [-0.1, -0.05) is 66.7 Å². The van der Waals surface area contributed by atoms with E-state index < -0.39 is 15.6 Å². The van der Waals surface area contributed by atoms with E-state index in [1.807, 2.05) is 6.07 Å². The van der Waals surface area contributed by atoms with Gasteiger partial charge in [0, 0.05) is 39.1 Å². The molecule has 0 bridgehead atoms. The van der Waals surface area contributed by atoms with E-state index in [4.69, 9.17) is 0 Å². The molecule has 0 atom stereocenters. The van der Waals surface area contributed by atoms with Gasteiger partial charge in [0.25, 0.3) is 11.4 Å². The molecule has 6 aromatic rings. The molecule has 0 unspecified atom stereocenters. The van der Waals surface area contributed by atoms with Gasteiger partial charge in [0.1, 0.15) is 5.56 Å². The van der Waals surface area contributed by atoms with Gasteiger partial charge in [0.15, 0.2) is 5.78 Å². The summed E-state index contributed by atoms with van der Waals surface area (Å²) in [5, 5.41) is 27.0. The highest BCUT2D eigenvalue weighted by atomic mass is 16.6. The molecular formula is C34H16N2O6. The molecule has 6 aromatic carbocycles. The minimum Gasteiger partial charge on any atom is -0.289 e. The maximum Gasteiger partial charge on any atom is 0.285 e. The third-order valence-electron chi connectivity index (χ3n) is 8.30. The van der Waals surface area contributed by atoms with Crippen LogP contribution in [0.1, 0.15) is 31.8 Å². The van der Waals surface area contributed by atoms with Crippen molar-refractivity contribution in [3.63, 3.8) is 0 Å². The zero-order valence-corrected chi connectivity index (χ0v) is 21.6. The van der Waals surface area contributed by atoms with Crippen molar-refractivity contribution in [2.45, 2.75) is 0 Å². The van der Waals surface area contributed by atoms with E-state index in [1.54, 1.807) is 84.9 Å². The van der Waals surface area contributed by atoms with Crippen LogP contribution in [0.2, 0.25) is 0 Å². The van der Waals surface area contributed by atoms with Crippen molar-refractivity contribution in [3.8, 4) is 33.4 Å². The van der Waals surface area contributed by atoms with Crippen molar-refractivity contribution in [2.24, 2.45) is 0 Å². The van der Waals surface area contributed by atoms with Gasteiger partial charge in [-0.15, -0.1) is 0 Å². The summed E-state index contributed by atoms with van der Waals surface area (Å²) in [6.45, 7) is 0. The molecule has 8 rings (SSSR count). The Bertz CT molecular complexity index is 2300. The summed E-state index contributed by atoms with van der Waals surface area (Å²) >= 11 is 0. The van der Waals surface area contributed by atoms with Gasteiger partial charge in [-0.3, -0.25) is 29.8 Å². The monoisotopic (exact) mass is 548 g/mol. The number of nitro benzene ring substituents is 2. The number of nitro groups is 2. The average Bonchev–Trinajstić information content (AvgIpc) is 3.01. The first-order valence-corrected chi connectivity index (χ1v) is 13.1. The first-order chi connectivity index (χ1) is 20.3.